The molecule has 1 aliphatic rings. The number of benzene rings is 1. The van der Waals surface area contributed by atoms with Crippen molar-refractivity contribution in [3.05, 3.63) is 47.5 Å². The van der Waals surface area contributed by atoms with E-state index >= 15 is 0 Å². The number of rotatable bonds is 5. The third-order valence-corrected chi connectivity index (χ3v) is 4.01. The first-order chi connectivity index (χ1) is 11.2. The topological polar surface area (TPSA) is 71.8 Å². The molecule has 0 atom stereocenters. The second kappa shape index (κ2) is 8.75. The van der Waals surface area contributed by atoms with Crippen LogP contribution in [0.3, 0.4) is 0 Å². The lowest BCUT2D eigenvalue weighted by Crippen LogP contribution is -2.29. The van der Waals surface area contributed by atoms with Crippen molar-refractivity contribution < 1.29 is 9.18 Å². The van der Waals surface area contributed by atoms with E-state index in [1.165, 1.54) is 12.1 Å². The highest BCUT2D eigenvalue weighted by atomic mass is 35.5. The van der Waals surface area contributed by atoms with Gasteiger partial charge in [-0.15, -0.1) is 17.5 Å². The maximum absolute atomic E-state index is 13.1. The Hall–Kier alpha value is -1.99. The van der Waals surface area contributed by atoms with E-state index in [-0.39, 0.29) is 24.1 Å². The van der Waals surface area contributed by atoms with Crippen LogP contribution in [0.25, 0.3) is 0 Å². The van der Waals surface area contributed by atoms with E-state index in [0.29, 0.717) is 24.7 Å². The summed E-state index contributed by atoms with van der Waals surface area (Å²) in [5.41, 5.74) is 1.17. The summed E-state index contributed by atoms with van der Waals surface area (Å²) in [5, 5.41) is 14.1. The minimum Gasteiger partial charge on any atom is -0.350 e. The Bertz CT molecular complexity index is 672. The monoisotopic (exact) mass is 353 g/mol. The third-order valence-electron chi connectivity index (χ3n) is 4.01. The van der Waals surface area contributed by atoms with Crippen molar-refractivity contribution in [2.75, 3.05) is 19.6 Å². The molecule has 1 aliphatic heterocycles. The van der Waals surface area contributed by atoms with Gasteiger partial charge < -0.3 is 10.6 Å². The number of halogens is 2. The van der Waals surface area contributed by atoms with Crippen LogP contribution in [0.5, 0.6) is 0 Å². The van der Waals surface area contributed by atoms with E-state index in [4.69, 9.17) is 0 Å². The SMILES string of the molecule is Cl.O=C(NCCc1cccc(F)c1)c1cn(C2CCNCC2)nn1. The second-order valence-corrected chi connectivity index (χ2v) is 5.70. The Kier molecular flexibility index (Phi) is 6.69. The molecule has 0 spiro atoms. The molecule has 1 amide bonds. The van der Waals surface area contributed by atoms with Crippen LogP contribution in [-0.2, 0) is 6.42 Å². The highest BCUT2D eigenvalue weighted by molar-refractivity contribution is 5.91. The maximum Gasteiger partial charge on any atom is 0.273 e. The van der Waals surface area contributed by atoms with Gasteiger partial charge >= 0.3 is 0 Å². The Labute approximate surface area is 146 Å². The number of hydrogen-bond donors (Lipinski definition) is 2. The van der Waals surface area contributed by atoms with Crippen molar-refractivity contribution in [3.8, 4) is 0 Å². The summed E-state index contributed by atoms with van der Waals surface area (Å²) in [5.74, 6) is -0.514. The third kappa shape index (κ3) is 4.75. The van der Waals surface area contributed by atoms with E-state index < -0.39 is 0 Å². The fourth-order valence-electron chi connectivity index (χ4n) is 2.73. The zero-order valence-electron chi connectivity index (χ0n) is 13.2. The van der Waals surface area contributed by atoms with Gasteiger partial charge in [-0.25, -0.2) is 9.07 Å². The molecular formula is C16H21ClFN5O. The Morgan fingerprint density at radius 2 is 2.17 bits per heavy atom. The molecule has 24 heavy (non-hydrogen) atoms. The molecule has 6 nitrogen and oxygen atoms in total. The zero-order valence-corrected chi connectivity index (χ0v) is 14.1. The summed E-state index contributed by atoms with van der Waals surface area (Å²) in [6.45, 7) is 2.35. The molecule has 2 heterocycles. The number of nitrogens with one attached hydrogen (secondary N) is 2. The lowest BCUT2D eigenvalue weighted by atomic mass is 10.1. The Morgan fingerprint density at radius 3 is 2.92 bits per heavy atom. The van der Waals surface area contributed by atoms with Gasteiger partial charge in [-0.2, -0.15) is 0 Å². The molecule has 1 saturated heterocycles. The Balaban J connectivity index is 0.00000208. The van der Waals surface area contributed by atoms with Crippen molar-refractivity contribution in [1.29, 1.82) is 0 Å². The standard InChI is InChI=1S/C16H20FN5O.ClH/c17-13-3-1-2-12(10-13)4-9-19-16(23)15-11-22(21-20-15)14-5-7-18-8-6-14;/h1-3,10-11,14,18H,4-9H2,(H,19,23);1H. The van der Waals surface area contributed by atoms with E-state index in [0.717, 1.165) is 31.5 Å². The Morgan fingerprint density at radius 1 is 1.38 bits per heavy atom. The normalized spacial score (nSPS) is 14.9. The van der Waals surface area contributed by atoms with Gasteiger partial charge in [0.05, 0.1) is 12.2 Å². The van der Waals surface area contributed by atoms with Crippen molar-refractivity contribution in [2.24, 2.45) is 0 Å². The van der Waals surface area contributed by atoms with Crippen molar-refractivity contribution >= 4 is 18.3 Å². The van der Waals surface area contributed by atoms with Gasteiger partial charge in [0.15, 0.2) is 5.69 Å². The molecule has 0 unspecified atom stereocenters. The molecule has 0 saturated carbocycles. The summed E-state index contributed by atoms with van der Waals surface area (Å²) >= 11 is 0. The van der Waals surface area contributed by atoms with Gasteiger partial charge in [0.25, 0.3) is 5.91 Å². The smallest absolute Gasteiger partial charge is 0.273 e. The van der Waals surface area contributed by atoms with Gasteiger partial charge in [0, 0.05) is 6.54 Å². The molecule has 8 heteroatoms. The highest BCUT2D eigenvalue weighted by Gasteiger charge is 2.18. The van der Waals surface area contributed by atoms with Gasteiger partial charge in [0.2, 0.25) is 0 Å². The minimum absolute atomic E-state index is 0. The van der Waals surface area contributed by atoms with Gasteiger partial charge in [-0.3, -0.25) is 4.79 Å². The largest absolute Gasteiger partial charge is 0.350 e. The number of amides is 1. The van der Waals surface area contributed by atoms with E-state index in [2.05, 4.69) is 20.9 Å². The van der Waals surface area contributed by atoms with Crippen LogP contribution in [0.15, 0.2) is 30.5 Å². The van der Waals surface area contributed by atoms with Crippen LogP contribution in [0, 0.1) is 5.82 Å². The molecule has 1 aromatic heterocycles. The van der Waals surface area contributed by atoms with Crippen molar-refractivity contribution in [3.63, 3.8) is 0 Å². The fraction of sp³-hybridized carbons (Fsp3) is 0.438. The molecular weight excluding hydrogens is 333 g/mol. The van der Waals surface area contributed by atoms with Gasteiger partial charge in [-0.1, -0.05) is 17.3 Å². The first-order valence-corrected chi connectivity index (χ1v) is 7.87. The van der Waals surface area contributed by atoms with Crippen LogP contribution in [-0.4, -0.2) is 40.5 Å². The van der Waals surface area contributed by atoms with Gasteiger partial charge in [-0.05, 0) is 50.0 Å². The van der Waals surface area contributed by atoms with Crippen LogP contribution >= 0.6 is 12.4 Å². The average Bonchev–Trinajstić information content (AvgIpc) is 3.06. The first kappa shape index (κ1) is 18.4. The summed E-state index contributed by atoms with van der Waals surface area (Å²) in [7, 11) is 0. The molecule has 0 bridgehead atoms. The molecule has 0 aliphatic carbocycles. The fourth-order valence-corrected chi connectivity index (χ4v) is 2.73. The second-order valence-electron chi connectivity index (χ2n) is 5.70. The first-order valence-electron chi connectivity index (χ1n) is 7.87. The lowest BCUT2D eigenvalue weighted by Gasteiger charge is -2.22. The van der Waals surface area contributed by atoms with Crippen LogP contribution in [0.4, 0.5) is 4.39 Å². The molecule has 130 valence electrons. The quantitative estimate of drug-likeness (QED) is 0.858. The predicted molar refractivity (Wildman–Crippen MR) is 90.8 cm³/mol. The van der Waals surface area contributed by atoms with Crippen molar-refractivity contribution in [1.82, 2.24) is 25.6 Å². The lowest BCUT2D eigenvalue weighted by molar-refractivity contribution is 0.0949. The summed E-state index contributed by atoms with van der Waals surface area (Å²) in [6, 6.07) is 6.68. The molecule has 0 radical (unpaired) electrons. The van der Waals surface area contributed by atoms with E-state index in [1.807, 2.05) is 6.07 Å². The molecule has 3 rings (SSSR count). The maximum atomic E-state index is 13.1. The van der Waals surface area contributed by atoms with Crippen LogP contribution in [0.1, 0.15) is 34.9 Å². The number of carbonyl (C=O) groups excluding carboxylic acids is 1. The summed E-state index contributed by atoms with van der Waals surface area (Å²) < 4.78 is 14.9. The molecule has 2 aromatic rings. The minimum atomic E-state index is -0.265. The number of nitrogens with zero attached hydrogens (tertiary/aromatic N) is 3. The number of aromatic nitrogens is 3. The predicted octanol–water partition coefficient (Wildman–Crippen LogP) is 1.74. The van der Waals surface area contributed by atoms with Gasteiger partial charge in [0.1, 0.15) is 5.82 Å². The summed E-state index contributed by atoms with van der Waals surface area (Å²) in [4.78, 5) is 12.1. The van der Waals surface area contributed by atoms with E-state index in [1.54, 1.807) is 16.9 Å². The zero-order chi connectivity index (χ0) is 16.1. The average molecular weight is 354 g/mol. The number of hydrogen-bond acceptors (Lipinski definition) is 4. The van der Waals surface area contributed by atoms with Crippen LogP contribution < -0.4 is 10.6 Å². The van der Waals surface area contributed by atoms with E-state index in [9.17, 15) is 9.18 Å². The molecule has 1 fully saturated rings. The number of carbonyl (C=O) groups is 1. The molecule has 1 aromatic carbocycles. The molecule has 2 N–H and O–H groups in total. The van der Waals surface area contributed by atoms with Crippen molar-refractivity contribution in [2.45, 2.75) is 25.3 Å². The highest BCUT2D eigenvalue weighted by Crippen LogP contribution is 2.16. The summed E-state index contributed by atoms with van der Waals surface area (Å²) in [6.07, 6.45) is 4.26. The number of piperidine rings is 1. The van der Waals surface area contributed by atoms with Crippen LogP contribution in [0.2, 0.25) is 0 Å².